The fourth-order valence-electron chi connectivity index (χ4n) is 4.99. The van der Waals surface area contributed by atoms with Gasteiger partial charge in [-0.3, -0.25) is 14.9 Å². The lowest BCUT2D eigenvalue weighted by Crippen LogP contribution is -2.52. The average molecular weight is 382 g/mol. The molecule has 0 aromatic carbocycles. The van der Waals surface area contributed by atoms with E-state index in [0.29, 0.717) is 18.2 Å². The molecule has 8 nitrogen and oxygen atoms in total. The number of hydrogen-bond donors (Lipinski definition) is 3. The van der Waals surface area contributed by atoms with Crippen LogP contribution in [0.25, 0.3) is 11.0 Å². The maximum absolute atomic E-state index is 12.6. The maximum atomic E-state index is 12.6. The molecule has 148 valence electrons. The highest BCUT2D eigenvalue weighted by Crippen LogP contribution is 2.40. The Kier molecular flexibility index (Phi) is 4.30. The molecule has 2 fully saturated rings. The lowest BCUT2D eigenvalue weighted by Gasteiger charge is -2.42. The van der Waals surface area contributed by atoms with Gasteiger partial charge in [0.1, 0.15) is 11.3 Å². The third-order valence-electron chi connectivity index (χ3n) is 6.47. The van der Waals surface area contributed by atoms with Crippen molar-refractivity contribution in [3.63, 3.8) is 0 Å². The predicted molar refractivity (Wildman–Crippen MR) is 105 cm³/mol. The van der Waals surface area contributed by atoms with Gasteiger partial charge in [0.05, 0.1) is 11.6 Å². The van der Waals surface area contributed by atoms with Crippen LogP contribution in [0.1, 0.15) is 61.9 Å². The van der Waals surface area contributed by atoms with E-state index in [1.165, 1.54) is 6.42 Å². The molecule has 8 heteroatoms. The van der Waals surface area contributed by atoms with Crippen molar-refractivity contribution in [1.29, 1.82) is 0 Å². The van der Waals surface area contributed by atoms with Crippen LogP contribution in [0.4, 0.5) is 5.95 Å². The number of fused-ring (bicyclic) bond motifs is 4. The van der Waals surface area contributed by atoms with E-state index in [2.05, 4.69) is 30.5 Å². The summed E-state index contributed by atoms with van der Waals surface area (Å²) >= 11 is 0. The lowest BCUT2D eigenvalue weighted by atomic mass is 9.80. The summed E-state index contributed by atoms with van der Waals surface area (Å²) in [5.41, 5.74) is 1.27. The Morgan fingerprint density at radius 2 is 2.07 bits per heavy atom. The molecule has 2 aliphatic heterocycles. The number of carbonyl (C=O) groups excluding carboxylic acids is 2. The summed E-state index contributed by atoms with van der Waals surface area (Å²) in [6.45, 7) is 1.50. The SMILES string of the molecule is O=C1NCC2(CCCCC2)n2c1cc1cnc(NC(=O)C3CCCCN3)nc12. The van der Waals surface area contributed by atoms with Gasteiger partial charge in [0.25, 0.3) is 5.91 Å². The van der Waals surface area contributed by atoms with E-state index in [1.807, 2.05) is 6.07 Å². The Hall–Kier alpha value is -2.48. The Bertz CT molecular complexity index is 924. The number of hydrogen-bond acceptors (Lipinski definition) is 5. The lowest BCUT2D eigenvalue weighted by molar-refractivity contribution is -0.118. The van der Waals surface area contributed by atoms with Gasteiger partial charge in [-0.25, -0.2) is 4.98 Å². The van der Waals surface area contributed by atoms with Crippen LogP contribution in [0.15, 0.2) is 12.3 Å². The van der Waals surface area contributed by atoms with Gasteiger partial charge in [-0.2, -0.15) is 4.98 Å². The molecule has 2 aromatic heterocycles. The van der Waals surface area contributed by atoms with Gasteiger partial charge in [-0.1, -0.05) is 25.7 Å². The Labute approximate surface area is 163 Å². The largest absolute Gasteiger partial charge is 0.348 e. The third kappa shape index (κ3) is 2.87. The van der Waals surface area contributed by atoms with Gasteiger partial charge in [0.15, 0.2) is 0 Å². The van der Waals surface area contributed by atoms with Gasteiger partial charge in [0.2, 0.25) is 11.9 Å². The molecule has 2 aromatic rings. The van der Waals surface area contributed by atoms with E-state index in [4.69, 9.17) is 0 Å². The van der Waals surface area contributed by atoms with Gasteiger partial charge in [-0.05, 0) is 38.3 Å². The molecule has 0 radical (unpaired) electrons. The van der Waals surface area contributed by atoms with Gasteiger partial charge >= 0.3 is 0 Å². The zero-order valence-electron chi connectivity index (χ0n) is 16.0. The van der Waals surface area contributed by atoms with Crippen LogP contribution in [-0.2, 0) is 10.3 Å². The number of piperidine rings is 1. The van der Waals surface area contributed by atoms with E-state index < -0.39 is 0 Å². The van der Waals surface area contributed by atoms with Crippen LogP contribution >= 0.6 is 0 Å². The van der Waals surface area contributed by atoms with Crippen molar-refractivity contribution in [1.82, 2.24) is 25.2 Å². The number of nitrogens with zero attached hydrogens (tertiary/aromatic N) is 3. The van der Waals surface area contributed by atoms with Gasteiger partial charge < -0.3 is 15.2 Å². The predicted octanol–water partition coefficient (Wildman–Crippen LogP) is 1.91. The number of anilines is 1. The minimum atomic E-state index is -0.190. The number of aromatic nitrogens is 3. The third-order valence-corrected chi connectivity index (χ3v) is 6.47. The highest BCUT2D eigenvalue weighted by atomic mass is 16.2. The second-order valence-electron chi connectivity index (χ2n) is 8.30. The van der Waals surface area contributed by atoms with Crippen molar-refractivity contribution in [2.24, 2.45) is 0 Å². The first kappa shape index (κ1) is 17.6. The Morgan fingerprint density at radius 1 is 1.21 bits per heavy atom. The molecule has 4 heterocycles. The van der Waals surface area contributed by atoms with Crippen molar-refractivity contribution >= 4 is 28.8 Å². The standard InChI is InChI=1S/C20H26N6O2/c27-17(14-6-2-5-9-21-14)25-19-22-11-13-10-15-18(28)23-12-20(7-3-1-4-8-20)26(15)16(13)24-19/h10-11,14,21H,1-9,12H2,(H,23,28)(H,22,24,25,27). The molecule has 1 spiro atoms. The summed E-state index contributed by atoms with van der Waals surface area (Å²) in [6, 6.07) is 1.68. The van der Waals surface area contributed by atoms with Crippen molar-refractivity contribution < 1.29 is 9.59 Å². The molecule has 3 aliphatic rings. The first-order chi connectivity index (χ1) is 13.7. The molecular formula is C20H26N6O2. The highest BCUT2D eigenvalue weighted by molar-refractivity contribution is 5.99. The van der Waals surface area contributed by atoms with Crippen molar-refractivity contribution in [3.8, 4) is 0 Å². The molecule has 1 unspecified atom stereocenters. The van der Waals surface area contributed by atoms with E-state index >= 15 is 0 Å². The molecule has 5 rings (SSSR count). The molecule has 1 aliphatic carbocycles. The normalized spacial score (nSPS) is 24.0. The summed E-state index contributed by atoms with van der Waals surface area (Å²) in [6.07, 6.45) is 10.3. The van der Waals surface area contributed by atoms with E-state index in [-0.39, 0.29) is 23.4 Å². The fourth-order valence-corrected chi connectivity index (χ4v) is 4.99. The van der Waals surface area contributed by atoms with Crippen LogP contribution in [0, 0.1) is 0 Å². The Morgan fingerprint density at radius 3 is 2.86 bits per heavy atom. The van der Waals surface area contributed by atoms with E-state index in [9.17, 15) is 9.59 Å². The zero-order chi connectivity index (χ0) is 19.1. The molecule has 1 atom stereocenters. The van der Waals surface area contributed by atoms with Gasteiger partial charge in [-0.15, -0.1) is 0 Å². The maximum Gasteiger partial charge on any atom is 0.268 e. The summed E-state index contributed by atoms with van der Waals surface area (Å²) in [5.74, 6) is 0.156. The fraction of sp³-hybridized carbons (Fsp3) is 0.600. The molecule has 2 amide bonds. The molecule has 1 saturated carbocycles. The molecule has 28 heavy (non-hydrogen) atoms. The molecule has 3 N–H and O–H groups in total. The smallest absolute Gasteiger partial charge is 0.268 e. The first-order valence-electron chi connectivity index (χ1n) is 10.4. The number of nitrogens with one attached hydrogen (secondary N) is 3. The monoisotopic (exact) mass is 382 g/mol. The minimum Gasteiger partial charge on any atom is -0.348 e. The zero-order valence-corrected chi connectivity index (χ0v) is 16.0. The minimum absolute atomic E-state index is 0.0637. The quantitative estimate of drug-likeness (QED) is 0.737. The number of amides is 2. The van der Waals surface area contributed by atoms with Crippen LogP contribution in [0.3, 0.4) is 0 Å². The average Bonchev–Trinajstić information content (AvgIpc) is 3.13. The second-order valence-corrected chi connectivity index (χ2v) is 8.30. The summed E-state index contributed by atoms with van der Waals surface area (Å²) < 4.78 is 2.12. The molecule has 1 saturated heterocycles. The van der Waals surface area contributed by atoms with Crippen LogP contribution in [0.5, 0.6) is 0 Å². The summed E-state index contributed by atoms with van der Waals surface area (Å²) in [5, 5.41) is 10.0. The topological polar surface area (TPSA) is 101 Å². The van der Waals surface area contributed by atoms with Crippen molar-refractivity contribution in [3.05, 3.63) is 18.0 Å². The van der Waals surface area contributed by atoms with Gasteiger partial charge in [0, 0.05) is 18.1 Å². The van der Waals surface area contributed by atoms with E-state index in [1.54, 1.807) is 6.20 Å². The number of carbonyl (C=O) groups is 2. The highest BCUT2D eigenvalue weighted by Gasteiger charge is 2.41. The Balaban J connectivity index is 1.52. The van der Waals surface area contributed by atoms with Crippen LogP contribution < -0.4 is 16.0 Å². The van der Waals surface area contributed by atoms with Crippen molar-refractivity contribution in [2.45, 2.75) is 62.9 Å². The van der Waals surface area contributed by atoms with E-state index in [0.717, 1.165) is 62.5 Å². The van der Waals surface area contributed by atoms with Crippen molar-refractivity contribution in [2.75, 3.05) is 18.4 Å². The summed E-state index contributed by atoms with van der Waals surface area (Å²) in [4.78, 5) is 34.1. The summed E-state index contributed by atoms with van der Waals surface area (Å²) in [7, 11) is 0. The number of rotatable bonds is 2. The molecule has 0 bridgehead atoms. The first-order valence-corrected chi connectivity index (χ1v) is 10.4. The molecular weight excluding hydrogens is 356 g/mol. The second kappa shape index (κ2) is 6.84. The van der Waals surface area contributed by atoms with Crippen LogP contribution in [0.2, 0.25) is 0 Å². The van der Waals surface area contributed by atoms with Crippen LogP contribution in [-0.4, -0.2) is 45.5 Å².